The Labute approximate surface area is 200 Å². The van der Waals surface area contributed by atoms with Crippen LogP contribution in [-0.4, -0.2) is 50.4 Å². The van der Waals surface area contributed by atoms with Crippen molar-refractivity contribution < 1.29 is 13.6 Å². The summed E-state index contributed by atoms with van der Waals surface area (Å²) in [4.78, 5) is 16.4. The predicted molar refractivity (Wildman–Crippen MR) is 136 cm³/mol. The van der Waals surface area contributed by atoms with Crippen LogP contribution in [0.25, 0.3) is 0 Å². The number of nitrogen functional groups attached to an aromatic ring is 1. The molecule has 2 heterocycles. The van der Waals surface area contributed by atoms with Gasteiger partial charge in [0.15, 0.2) is 16.6 Å². The lowest BCUT2D eigenvalue weighted by molar-refractivity contribution is -0.109. The molecule has 0 saturated carbocycles. The fraction of sp³-hybridized carbons (Fsp3) is 0.818. The molecule has 1 fully saturated rings. The Hall–Kier alpha value is -0.716. The van der Waals surface area contributed by atoms with Crippen LogP contribution < -0.4 is 11.4 Å². The Bertz CT molecular complexity index is 864. The molecule has 1 aliphatic rings. The Morgan fingerprint density at radius 3 is 2.22 bits per heavy atom. The van der Waals surface area contributed by atoms with Crippen LogP contribution in [0.5, 0.6) is 0 Å². The van der Waals surface area contributed by atoms with E-state index in [9.17, 15) is 4.79 Å². The minimum atomic E-state index is -2.15. The minimum absolute atomic E-state index is 0.0169. The first kappa shape index (κ1) is 27.5. The zero-order chi connectivity index (χ0) is 24.8. The van der Waals surface area contributed by atoms with Gasteiger partial charge in [-0.1, -0.05) is 41.5 Å². The molecule has 7 nitrogen and oxygen atoms in total. The third-order valence-corrected chi connectivity index (χ3v) is 16.9. The molecule has 184 valence electrons. The number of rotatable bonds is 7. The highest BCUT2D eigenvalue weighted by Crippen LogP contribution is 2.46. The van der Waals surface area contributed by atoms with Gasteiger partial charge in [-0.05, 0) is 42.3 Å². The summed E-state index contributed by atoms with van der Waals surface area (Å²) in [6.45, 7) is 22.4. The zero-order valence-corrected chi connectivity index (χ0v) is 24.2. The van der Waals surface area contributed by atoms with Crippen LogP contribution in [0.1, 0.15) is 54.2 Å². The highest BCUT2D eigenvalue weighted by atomic mass is 35.5. The maximum absolute atomic E-state index is 12.5. The Balaban J connectivity index is 2.44. The van der Waals surface area contributed by atoms with Gasteiger partial charge in [0.2, 0.25) is 0 Å². The lowest BCUT2D eigenvalue weighted by atomic mass is 10.0. The van der Waals surface area contributed by atoms with E-state index in [-0.39, 0.29) is 27.9 Å². The van der Waals surface area contributed by atoms with Gasteiger partial charge in [0.25, 0.3) is 0 Å². The molecule has 0 bridgehead atoms. The van der Waals surface area contributed by atoms with Gasteiger partial charge in [-0.2, -0.15) is 4.98 Å². The molecule has 0 amide bonds. The number of alkyl halides is 1. The lowest BCUT2D eigenvalue weighted by Gasteiger charge is -2.44. The smallest absolute Gasteiger partial charge is 0.351 e. The van der Waals surface area contributed by atoms with Gasteiger partial charge in [0.1, 0.15) is 17.6 Å². The molecule has 1 saturated heterocycles. The third kappa shape index (κ3) is 5.67. The summed E-state index contributed by atoms with van der Waals surface area (Å²) in [7, 11) is -4.21. The number of nitrogens with zero attached hydrogens (tertiary/aromatic N) is 2. The predicted octanol–water partition coefficient (Wildman–Crippen LogP) is 5.13. The summed E-state index contributed by atoms with van der Waals surface area (Å²) in [5, 5.41) is 0.0646. The van der Waals surface area contributed by atoms with E-state index in [1.54, 1.807) is 12.3 Å². The van der Waals surface area contributed by atoms with Crippen molar-refractivity contribution in [1.29, 1.82) is 0 Å². The van der Waals surface area contributed by atoms with Crippen molar-refractivity contribution in [3.8, 4) is 0 Å². The summed E-state index contributed by atoms with van der Waals surface area (Å²) < 4.78 is 21.4. The first-order valence-corrected chi connectivity index (χ1v) is 17.6. The number of hydrogen-bond donors (Lipinski definition) is 1. The van der Waals surface area contributed by atoms with Crippen LogP contribution in [-0.2, 0) is 13.6 Å². The molecule has 2 N–H and O–H groups in total. The molecule has 1 aliphatic heterocycles. The molecule has 0 aliphatic carbocycles. The molecule has 1 aromatic heterocycles. The van der Waals surface area contributed by atoms with Crippen LogP contribution in [0, 0.1) is 0 Å². The number of hydrogen-bond acceptors (Lipinski definition) is 6. The van der Waals surface area contributed by atoms with Crippen molar-refractivity contribution in [2.24, 2.45) is 0 Å². The van der Waals surface area contributed by atoms with Crippen molar-refractivity contribution in [2.45, 2.75) is 102 Å². The van der Waals surface area contributed by atoms with Crippen LogP contribution in [0.4, 0.5) is 5.82 Å². The zero-order valence-electron chi connectivity index (χ0n) is 21.4. The topological polar surface area (TPSA) is 88.6 Å². The van der Waals surface area contributed by atoms with Gasteiger partial charge in [-0.3, -0.25) is 4.57 Å². The van der Waals surface area contributed by atoms with E-state index in [0.29, 0.717) is 13.0 Å². The summed E-state index contributed by atoms with van der Waals surface area (Å²) in [6, 6.07) is 1.60. The fourth-order valence-corrected chi connectivity index (χ4v) is 5.82. The molecule has 1 aromatic rings. The van der Waals surface area contributed by atoms with Crippen molar-refractivity contribution in [1.82, 2.24) is 9.55 Å². The van der Waals surface area contributed by atoms with Gasteiger partial charge in [-0.25, -0.2) is 4.79 Å². The maximum Gasteiger partial charge on any atom is 0.351 e. The number of halogens is 1. The maximum atomic E-state index is 12.5. The molecule has 10 heteroatoms. The van der Waals surface area contributed by atoms with Crippen LogP contribution in [0.15, 0.2) is 17.1 Å². The first-order chi connectivity index (χ1) is 14.4. The summed E-state index contributed by atoms with van der Waals surface area (Å²) >= 11 is 6.59. The van der Waals surface area contributed by atoms with Gasteiger partial charge in [0.05, 0.1) is 18.6 Å². The van der Waals surface area contributed by atoms with Crippen molar-refractivity contribution in [3.63, 3.8) is 0 Å². The second-order valence-corrected chi connectivity index (χ2v) is 21.8. The number of ether oxygens (including phenoxy) is 1. The second kappa shape index (κ2) is 9.15. The lowest BCUT2D eigenvalue weighted by Crippen LogP contribution is -2.55. The molecule has 2 rings (SSSR count). The Kier molecular flexibility index (Phi) is 7.87. The minimum Gasteiger partial charge on any atom is -0.414 e. The number of aromatic nitrogens is 2. The Morgan fingerprint density at radius 2 is 1.75 bits per heavy atom. The van der Waals surface area contributed by atoms with Crippen LogP contribution in [0.3, 0.4) is 0 Å². The van der Waals surface area contributed by atoms with E-state index in [1.807, 2.05) is 0 Å². The molecule has 0 aromatic carbocycles. The SMILES string of the molecule is CC(C)(C)[Si](C)(C)OC[C@@]1(CCl)O[C@@H](n2ccc(N)nc2=O)C[C@@H]1O[Si](C)(C)C(C)(C)C. The summed E-state index contributed by atoms with van der Waals surface area (Å²) in [5.74, 6) is 0.386. The second-order valence-electron chi connectivity index (χ2n) is 12.0. The number of nitrogens with two attached hydrogens (primary N) is 1. The van der Waals surface area contributed by atoms with E-state index in [2.05, 4.69) is 72.7 Å². The van der Waals surface area contributed by atoms with Gasteiger partial charge in [-0.15, -0.1) is 11.6 Å². The molecule has 0 unspecified atom stereocenters. The first-order valence-electron chi connectivity index (χ1n) is 11.3. The highest BCUT2D eigenvalue weighted by Gasteiger charge is 2.54. The Morgan fingerprint density at radius 1 is 1.19 bits per heavy atom. The molecule has 32 heavy (non-hydrogen) atoms. The van der Waals surface area contributed by atoms with Crippen molar-refractivity contribution >= 4 is 34.1 Å². The highest BCUT2D eigenvalue weighted by molar-refractivity contribution is 6.74. The largest absolute Gasteiger partial charge is 0.414 e. The monoisotopic (exact) mass is 503 g/mol. The van der Waals surface area contributed by atoms with E-state index >= 15 is 0 Å². The van der Waals surface area contributed by atoms with Crippen LogP contribution in [0.2, 0.25) is 36.3 Å². The average molecular weight is 504 g/mol. The van der Waals surface area contributed by atoms with E-state index in [1.165, 1.54) is 4.57 Å². The molecular weight excluding hydrogens is 462 g/mol. The molecule has 0 spiro atoms. The molecule has 3 atom stereocenters. The van der Waals surface area contributed by atoms with Crippen molar-refractivity contribution in [2.75, 3.05) is 18.2 Å². The van der Waals surface area contributed by atoms with Crippen molar-refractivity contribution in [3.05, 3.63) is 22.7 Å². The summed E-state index contributed by atoms with van der Waals surface area (Å²) in [5.41, 5.74) is 4.37. The third-order valence-electron chi connectivity index (χ3n) is 7.49. The van der Waals surface area contributed by atoms with Gasteiger partial charge in [0, 0.05) is 12.6 Å². The van der Waals surface area contributed by atoms with E-state index in [4.69, 9.17) is 30.9 Å². The summed E-state index contributed by atoms with van der Waals surface area (Å²) in [6.07, 6.45) is 1.26. The fourth-order valence-electron chi connectivity index (χ4n) is 3.10. The normalized spacial score (nSPS) is 25.3. The number of anilines is 1. The van der Waals surface area contributed by atoms with E-state index in [0.717, 1.165) is 0 Å². The van der Waals surface area contributed by atoms with E-state index < -0.39 is 34.2 Å². The van der Waals surface area contributed by atoms with Gasteiger partial charge >= 0.3 is 5.69 Å². The molecule has 0 radical (unpaired) electrons. The van der Waals surface area contributed by atoms with Gasteiger partial charge < -0.3 is 19.3 Å². The standard InChI is InChI=1S/C22H42ClN3O4Si2/c1-20(2,3)31(7,8)28-15-22(14-23)16(30-32(9,10)21(4,5)6)13-18(29-22)26-12-11-17(24)25-19(26)27/h11-12,16,18H,13-15H2,1-10H3,(H2,24,25,27)/t16-,18+,22+/m0/s1. The molecular formula is C22H42ClN3O4Si2. The van der Waals surface area contributed by atoms with Crippen LogP contribution >= 0.6 is 11.6 Å². The average Bonchev–Trinajstić information content (AvgIpc) is 2.96. The quantitative estimate of drug-likeness (QED) is 0.409.